The Morgan fingerprint density at radius 3 is 2.69 bits per heavy atom. The molecule has 4 aliphatic rings. The molecule has 1 saturated heterocycles. The van der Waals surface area contributed by atoms with E-state index in [1.54, 1.807) is 12.1 Å². The van der Waals surface area contributed by atoms with E-state index in [-0.39, 0.29) is 23.5 Å². The minimum Gasteiger partial charge on any atom is -0.504 e. The summed E-state index contributed by atoms with van der Waals surface area (Å²) in [5.74, 6) is 0.332. The zero-order valence-electron chi connectivity index (χ0n) is 22.7. The number of carbonyl (C=O) groups is 1. The molecule has 206 valence electrons. The molecule has 0 radical (unpaired) electrons. The van der Waals surface area contributed by atoms with E-state index in [9.17, 15) is 14.3 Å². The van der Waals surface area contributed by atoms with Gasteiger partial charge in [0.2, 0.25) is 5.91 Å². The fourth-order valence-corrected chi connectivity index (χ4v) is 6.34. The lowest BCUT2D eigenvalue weighted by Gasteiger charge is -2.48. The Bertz CT molecular complexity index is 1290. The number of ether oxygens (including phenoxy) is 2. The molecule has 1 fully saturated rings. The SMILES string of the molecule is CCOCCCN1C(=O)CCC2(CNCc3ccc(F)cc3)C3=CC=CC=C4C=CC(OCC)=C(O)C(=C43)C12. The standard InChI is InChI=1S/C32H37FN2O4/c1-3-38-19-7-18-35-27(36)16-17-32(21-34-20-22-10-13-24(33)14-11-22)25-9-6-5-8-23-12-15-26(39-4-2)30(37)29(28(23)25)31(32)35/h5-6,8-15,31,34,37H,3-4,7,16-21H2,1-2H3. The van der Waals surface area contributed by atoms with Gasteiger partial charge < -0.3 is 24.8 Å². The first kappa shape index (κ1) is 27.2. The van der Waals surface area contributed by atoms with Crippen LogP contribution in [0.1, 0.15) is 38.7 Å². The minimum absolute atomic E-state index is 0.0832. The fourth-order valence-electron chi connectivity index (χ4n) is 6.34. The van der Waals surface area contributed by atoms with E-state index in [1.807, 2.05) is 43.1 Å². The van der Waals surface area contributed by atoms with Crippen molar-refractivity contribution < 1.29 is 23.8 Å². The van der Waals surface area contributed by atoms with Crippen LogP contribution >= 0.6 is 0 Å². The van der Waals surface area contributed by atoms with E-state index in [1.165, 1.54) is 12.1 Å². The van der Waals surface area contributed by atoms with Crippen molar-refractivity contribution in [2.24, 2.45) is 5.41 Å². The van der Waals surface area contributed by atoms with Gasteiger partial charge in [-0.1, -0.05) is 42.5 Å². The van der Waals surface area contributed by atoms with Crippen molar-refractivity contribution in [2.75, 3.05) is 32.9 Å². The second-order valence-corrected chi connectivity index (χ2v) is 10.3. The van der Waals surface area contributed by atoms with Gasteiger partial charge in [-0.15, -0.1) is 0 Å². The van der Waals surface area contributed by atoms with Gasteiger partial charge in [0, 0.05) is 50.3 Å². The van der Waals surface area contributed by atoms with E-state index < -0.39 is 5.41 Å². The zero-order valence-corrected chi connectivity index (χ0v) is 22.7. The number of aliphatic hydroxyl groups excluding tert-OH is 1. The van der Waals surface area contributed by atoms with Gasteiger partial charge in [0.25, 0.3) is 0 Å². The Labute approximate surface area is 229 Å². The first-order valence-electron chi connectivity index (χ1n) is 13.9. The highest BCUT2D eigenvalue weighted by Gasteiger charge is 2.58. The van der Waals surface area contributed by atoms with Gasteiger partial charge in [-0.3, -0.25) is 4.79 Å². The van der Waals surface area contributed by atoms with Crippen LogP contribution in [0.3, 0.4) is 0 Å². The van der Waals surface area contributed by atoms with Crippen molar-refractivity contribution in [1.29, 1.82) is 0 Å². The summed E-state index contributed by atoms with van der Waals surface area (Å²) in [4.78, 5) is 15.5. The van der Waals surface area contributed by atoms with Crippen LogP contribution in [0.2, 0.25) is 0 Å². The predicted octanol–water partition coefficient (Wildman–Crippen LogP) is 5.43. The van der Waals surface area contributed by atoms with Crippen molar-refractivity contribution in [2.45, 2.75) is 45.7 Å². The molecule has 0 bridgehead atoms. The lowest BCUT2D eigenvalue weighted by atomic mass is 9.68. The molecule has 6 nitrogen and oxygen atoms in total. The molecule has 1 aromatic rings. The number of nitrogens with zero attached hydrogens (tertiary/aromatic N) is 1. The summed E-state index contributed by atoms with van der Waals surface area (Å²) in [6.07, 6.45) is 13.8. The minimum atomic E-state index is -0.464. The van der Waals surface area contributed by atoms with Crippen molar-refractivity contribution in [3.63, 3.8) is 0 Å². The molecule has 39 heavy (non-hydrogen) atoms. The number of rotatable bonds is 11. The molecule has 1 amide bonds. The second kappa shape index (κ2) is 11.8. The number of fused-ring (bicyclic) bond motifs is 3. The van der Waals surface area contributed by atoms with Crippen molar-refractivity contribution >= 4 is 5.91 Å². The quantitative estimate of drug-likeness (QED) is 0.372. The first-order valence-corrected chi connectivity index (χ1v) is 13.9. The van der Waals surface area contributed by atoms with Crippen LogP contribution in [0.15, 0.2) is 94.5 Å². The highest BCUT2D eigenvalue weighted by atomic mass is 19.1. The number of hydrogen-bond donors (Lipinski definition) is 2. The molecule has 1 aliphatic heterocycles. The van der Waals surface area contributed by atoms with Crippen LogP contribution < -0.4 is 5.32 Å². The average Bonchev–Trinajstić information content (AvgIpc) is 3.02. The molecule has 2 N–H and O–H groups in total. The third-order valence-electron chi connectivity index (χ3n) is 8.00. The van der Waals surface area contributed by atoms with Crippen LogP contribution in [0.4, 0.5) is 4.39 Å². The van der Waals surface area contributed by atoms with E-state index in [0.717, 1.165) is 27.9 Å². The third kappa shape index (κ3) is 5.13. The Balaban J connectivity index is 1.58. The number of nitrogens with one attached hydrogen (secondary N) is 1. The van der Waals surface area contributed by atoms with Gasteiger partial charge in [-0.2, -0.15) is 0 Å². The fraction of sp³-hybridized carbons (Fsp3) is 0.406. The number of aliphatic hydroxyl groups is 1. The maximum atomic E-state index is 13.5. The molecule has 2 unspecified atom stereocenters. The average molecular weight is 533 g/mol. The molecule has 0 saturated carbocycles. The zero-order chi connectivity index (χ0) is 27.4. The molecule has 0 spiro atoms. The smallest absolute Gasteiger partial charge is 0.223 e. The number of likely N-dealkylation sites (tertiary alicyclic amines) is 1. The lowest BCUT2D eigenvalue weighted by molar-refractivity contribution is -0.139. The maximum Gasteiger partial charge on any atom is 0.223 e. The Morgan fingerprint density at radius 2 is 1.92 bits per heavy atom. The second-order valence-electron chi connectivity index (χ2n) is 10.3. The summed E-state index contributed by atoms with van der Waals surface area (Å²) >= 11 is 0. The van der Waals surface area contributed by atoms with E-state index in [4.69, 9.17) is 9.47 Å². The van der Waals surface area contributed by atoms with Gasteiger partial charge in [0.1, 0.15) is 5.82 Å². The number of benzene rings is 1. The number of amides is 1. The number of halogens is 1. The molecule has 2 atom stereocenters. The van der Waals surface area contributed by atoms with E-state index in [0.29, 0.717) is 64.5 Å². The van der Waals surface area contributed by atoms with Crippen LogP contribution in [0, 0.1) is 11.2 Å². The monoisotopic (exact) mass is 532 g/mol. The van der Waals surface area contributed by atoms with Crippen LogP contribution in [-0.2, 0) is 20.8 Å². The van der Waals surface area contributed by atoms with Crippen molar-refractivity contribution in [3.8, 4) is 0 Å². The molecule has 5 rings (SSSR count). The number of carbonyl (C=O) groups excluding carboxylic acids is 1. The van der Waals surface area contributed by atoms with Gasteiger partial charge >= 0.3 is 0 Å². The molecule has 1 heterocycles. The topological polar surface area (TPSA) is 71.0 Å². The Kier molecular flexibility index (Phi) is 8.19. The largest absolute Gasteiger partial charge is 0.504 e. The Hall–Kier alpha value is -3.42. The summed E-state index contributed by atoms with van der Waals surface area (Å²) in [6, 6.07) is 6.14. The van der Waals surface area contributed by atoms with Crippen molar-refractivity contribution in [1.82, 2.24) is 10.2 Å². The molecule has 7 heteroatoms. The number of hydrogen-bond acceptors (Lipinski definition) is 5. The van der Waals surface area contributed by atoms with Crippen molar-refractivity contribution in [3.05, 3.63) is 106 Å². The number of piperidine rings is 1. The summed E-state index contributed by atoms with van der Waals surface area (Å²) < 4.78 is 24.9. The lowest BCUT2D eigenvalue weighted by Crippen LogP contribution is -2.58. The summed E-state index contributed by atoms with van der Waals surface area (Å²) in [5, 5.41) is 15.4. The predicted molar refractivity (Wildman–Crippen MR) is 149 cm³/mol. The molecule has 3 aliphatic carbocycles. The maximum absolute atomic E-state index is 13.5. The van der Waals surface area contributed by atoms with Crippen LogP contribution in [0.5, 0.6) is 0 Å². The Morgan fingerprint density at radius 1 is 1.13 bits per heavy atom. The summed E-state index contributed by atoms with van der Waals surface area (Å²) in [6.45, 7) is 7.16. The van der Waals surface area contributed by atoms with Gasteiger partial charge in [0.05, 0.1) is 12.6 Å². The highest BCUT2D eigenvalue weighted by molar-refractivity contribution is 5.82. The van der Waals surface area contributed by atoms with Crippen LogP contribution in [0.25, 0.3) is 0 Å². The van der Waals surface area contributed by atoms with Gasteiger partial charge in [0.15, 0.2) is 11.5 Å². The number of allylic oxidation sites excluding steroid dienone is 8. The highest BCUT2D eigenvalue weighted by Crippen LogP contribution is 2.58. The van der Waals surface area contributed by atoms with E-state index >= 15 is 0 Å². The van der Waals surface area contributed by atoms with Gasteiger partial charge in [-0.25, -0.2) is 4.39 Å². The molecule has 0 aromatic heterocycles. The van der Waals surface area contributed by atoms with Gasteiger partial charge in [-0.05, 0) is 67.2 Å². The first-order chi connectivity index (χ1) is 19.0. The normalized spacial score (nSPS) is 23.8. The van der Waals surface area contributed by atoms with E-state index in [2.05, 4.69) is 17.5 Å². The summed E-state index contributed by atoms with van der Waals surface area (Å²) in [7, 11) is 0. The molecular weight excluding hydrogens is 495 g/mol. The third-order valence-corrected chi connectivity index (χ3v) is 8.00. The van der Waals surface area contributed by atoms with Crippen LogP contribution in [-0.4, -0.2) is 54.9 Å². The molecular formula is C32H37FN2O4. The summed E-state index contributed by atoms with van der Waals surface area (Å²) in [5.41, 5.74) is 4.34. The molecule has 1 aromatic carbocycles.